The van der Waals surface area contributed by atoms with E-state index < -0.39 is 49.3 Å². The number of Topliss-reactive ketones (excluding diaryl/α,β-unsaturated/α-hetero) is 1. The number of hydrogen-bond donors (Lipinski definition) is 1. The summed E-state index contributed by atoms with van der Waals surface area (Å²) in [5.41, 5.74) is 0.470. The fraction of sp³-hybridized carbons (Fsp3) is 0.421. The number of alkyl halides is 2. The number of halogens is 2. The molecule has 0 radical (unpaired) electrons. The van der Waals surface area contributed by atoms with Crippen molar-refractivity contribution in [2.24, 2.45) is 0 Å². The maximum atomic E-state index is 13.6. The topological polar surface area (TPSA) is 116 Å². The summed E-state index contributed by atoms with van der Waals surface area (Å²) >= 11 is 0. The minimum atomic E-state index is -3.47. The molecule has 11 heteroatoms. The Hall–Kier alpha value is -2.95. The number of aryl methyl sites for hydroxylation is 1. The lowest BCUT2D eigenvalue weighted by Gasteiger charge is -2.29. The van der Waals surface area contributed by atoms with Crippen LogP contribution in [0, 0.1) is 6.92 Å². The van der Waals surface area contributed by atoms with Gasteiger partial charge in [0.1, 0.15) is 11.3 Å². The fourth-order valence-electron chi connectivity index (χ4n) is 3.12. The van der Waals surface area contributed by atoms with Crippen LogP contribution >= 0.6 is 0 Å². The lowest BCUT2D eigenvalue weighted by Crippen LogP contribution is -2.38. The molecule has 1 aromatic carbocycles. The molecule has 1 atom stereocenters. The second-order valence-corrected chi connectivity index (χ2v) is 6.96. The van der Waals surface area contributed by atoms with Crippen molar-refractivity contribution in [2.45, 2.75) is 51.5 Å². The van der Waals surface area contributed by atoms with E-state index in [9.17, 15) is 28.2 Å². The van der Waals surface area contributed by atoms with Gasteiger partial charge in [-0.1, -0.05) is 19.1 Å². The number of benzene rings is 1. The quantitative estimate of drug-likeness (QED) is 0.533. The molecule has 1 aliphatic heterocycles. The second kappa shape index (κ2) is 8.43. The molecular formula is C19H19BF2O8. The number of rotatable bonds is 7. The number of carbonyl (C=O) groups excluding carboxylic acids is 2. The van der Waals surface area contributed by atoms with Gasteiger partial charge in [0.2, 0.25) is 5.78 Å². The van der Waals surface area contributed by atoms with Crippen molar-refractivity contribution < 1.29 is 41.6 Å². The summed E-state index contributed by atoms with van der Waals surface area (Å²) in [5.74, 6) is -7.08. The standard InChI is InChI=1S/C19H19BF2O8/c1-3-19(21,22)15(23)8-12-7-11-5-4-6-13(16(11)30-20(12)26)17(24)27-9-14-10(2)28-18(25)29-14/h4-6,12,26H,3,7-9H2,1-2H3/t12-/m1/s1. The van der Waals surface area contributed by atoms with E-state index in [0.29, 0.717) is 5.56 Å². The van der Waals surface area contributed by atoms with Gasteiger partial charge >= 0.3 is 24.8 Å². The molecule has 1 N–H and O–H groups in total. The van der Waals surface area contributed by atoms with Crippen LogP contribution in [0.3, 0.4) is 0 Å². The van der Waals surface area contributed by atoms with E-state index in [1.165, 1.54) is 19.9 Å². The smallest absolute Gasteiger partial charge is 0.526 e. The van der Waals surface area contributed by atoms with E-state index in [-0.39, 0.29) is 35.9 Å². The molecule has 0 fully saturated rings. The van der Waals surface area contributed by atoms with Crippen molar-refractivity contribution in [3.8, 4) is 5.75 Å². The van der Waals surface area contributed by atoms with E-state index in [2.05, 4.69) is 4.42 Å². The monoisotopic (exact) mass is 424 g/mol. The van der Waals surface area contributed by atoms with Gasteiger partial charge in [-0.2, -0.15) is 8.78 Å². The van der Waals surface area contributed by atoms with Crippen molar-refractivity contribution in [3.05, 3.63) is 51.5 Å². The highest BCUT2D eigenvalue weighted by Crippen LogP contribution is 2.38. The molecule has 0 amide bonds. The molecule has 2 aromatic rings. The molecule has 8 nitrogen and oxygen atoms in total. The SMILES string of the molecule is CCC(F)(F)C(=O)C[C@H]1Cc2cccc(C(=O)OCc3oc(=O)oc3C)c2OB1O. The van der Waals surface area contributed by atoms with Crippen LogP contribution in [0.15, 0.2) is 31.8 Å². The highest BCUT2D eigenvalue weighted by molar-refractivity contribution is 6.47. The van der Waals surface area contributed by atoms with Crippen LogP contribution in [0.5, 0.6) is 5.75 Å². The summed E-state index contributed by atoms with van der Waals surface area (Å²) in [7, 11) is -1.54. The first-order valence-corrected chi connectivity index (χ1v) is 9.26. The summed E-state index contributed by atoms with van der Waals surface area (Å²) in [6.07, 6.45) is -1.12. The van der Waals surface area contributed by atoms with E-state index in [0.717, 1.165) is 0 Å². The Morgan fingerprint density at radius 3 is 2.70 bits per heavy atom. The number of para-hydroxylation sites is 1. The molecule has 3 rings (SSSR count). The van der Waals surface area contributed by atoms with Crippen LogP contribution in [0.1, 0.15) is 47.2 Å². The minimum Gasteiger partial charge on any atom is -0.535 e. The van der Waals surface area contributed by atoms with Crippen molar-refractivity contribution in [2.75, 3.05) is 0 Å². The Morgan fingerprint density at radius 2 is 2.07 bits per heavy atom. The van der Waals surface area contributed by atoms with Crippen molar-refractivity contribution >= 4 is 18.9 Å². The first-order chi connectivity index (χ1) is 14.1. The molecule has 0 bridgehead atoms. The van der Waals surface area contributed by atoms with Crippen LogP contribution in [-0.4, -0.2) is 29.8 Å². The molecule has 0 saturated heterocycles. The van der Waals surface area contributed by atoms with E-state index in [4.69, 9.17) is 13.8 Å². The Bertz CT molecular complexity index is 1010. The van der Waals surface area contributed by atoms with Crippen molar-refractivity contribution in [3.63, 3.8) is 0 Å². The predicted octanol–water partition coefficient (Wildman–Crippen LogP) is 2.69. The highest BCUT2D eigenvalue weighted by Gasteiger charge is 2.43. The van der Waals surface area contributed by atoms with Crippen molar-refractivity contribution in [1.29, 1.82) is 0 Å². The van der Waals surface area contributed by atoms with E-state index in [1.54, 1.807) is 12.1 Å². The second-order valence-electron chi connectivity index (χ2n) is 6.96. The van der Waals surface area contributed by atoms with Gasteiger partial charge in [-0.25, -0.2) is 9.59 Å². The molecule has 0 aliphatic carbocycles. The zero-order chi connectivity index (χ0) is 22.1. The Labute approximate surface area is 169 Å². The largest absolute Gasteiger partial charge is 0.535 e. The molecule has 0 saturated carbocycles. The molecular weight excluding hydrogens is 405 g/mol. The van der Waals surface area contributed by atoms with Gasteiger partial charge in [0, 0.05) is 18.7 Å². The first kappa shape index (κ1) is 21.8. The van der Waals surface area contributed by atoms with Crippen molar-refractivity contribution in [1.82, 2.24) is 0 Å². The molecule has 2 heterocycles. The zero-order valence-electron chi connectivity index (χ0n) is 16.3. The third-order valence-corrected chi connectivity index (χ3v) is 4.91. The predicted molar refractivity (Wildman–Crippen MR) is 98.5 cm³/mol. The summed E-state index contributed by atoms with van der Waals surface area (Å²) in [6, 6.07) is 4.55. The zero-order valence-corrected chi connectivity index (χ0v) is 16.3. The fourth-order valence-corrected chi connectivity index (χ4v) is 3.12. The first-order valence-electron chi connectivity index (χ1n) is 9.26. The summed E-state index contributed by atoms with van der Waals surface area (Å²) < 4.78 is 47.1. The number of esters is 1. The third-order valence-electron chi connectivity index (χ3n) is 4.91. The normalized spacial score (nSPS) is 16.0. The summed E-state index contributed by atoms with van der Waals surface area (Å²) in [4.78, 5) is 35.3. The van der Waals surface area contributed by atoms with Crippen LogP contribution in [-0.2, 0) is 22.6 Å². The lowest BCUT2D eigenvalue weighted by molar-refractivity contribution is -0.143. The number of fused-ring (bicyclic) bond motifs is 1. The number of carbonyl (C=O) groups is 2. The van der Waals surface area contributed by atoms with Crippen LogP contribution in [0.2, 0.25) is 5.82 Å². The number of ketones is 1. The minimum absolute atomic E-state index is 0.00119. The molecule has 1 aromatic heterocycles. The van der Waals surface area contributed by atoms with Gasteiger partial charge < -0.3 is 23.2 Å². The molecule has 0 unspecified atom stereocenters. The Balaban J connectivity index is 1.74. The van der Waals surface area contributed by atoms with Gasteiger partial charge in [0.05, 0.1) is 0 Å². The lowest BCUT2D eigenvalue weighted by atomic mass is 9.64. The van der Waals surface area contributed by atoms with Crippen LogP contribution < -0.4 is 10.5 Å². The van der Waals surface area contributed by atoms with Gasteiger partial charge in [-0.15, -0.1) is 0 Å². The maximum absolute atomic E-state index is 13.6. The molecule has 30 heavy (non-hydrogen) atoms. The van der Waals surface area contributed by atoms with Gasteiger partial charge in [0.15, 0.2) is 18.1 Å². The van der Waals surface area contributed by atoms with Crippen LogP contribution in [0.4, 0.5) is 8.78 Å². The average Bonchev–Trinajstić information content (AvgIpc) is 3.03. The summed E-state index contributed by atoms with van der Waals surface area (Å²) in [5, 5.41) is 10.2. The van der Waals surface area contributed by atoms with Gasteiger partial charge in [-0.3, -0.25) is 4.79 Å². The van der Waals surface area contributed by atoms with Gasteiger partial charge in [-0.05, 0) is 25.0 Å². The Morgan fingerprint density at radius 1 is 1.33 bits per heavy atom. The third kappa shape index (κ3) is 4.45. The number of ether oxygens (including phenoxy) is 1. The maximum Gasteiger partial charge on any atom is 0.526 e. The Kier molecular flexibility index (Phi) is 6.11. The average molecular weight is 424 g/mol. The molecule has 1 aliphatic rings. The van der Waals surface area contributed by atoms with Crippen LogP contribution in [0.25, 0.3) is 0 Å². The van der Waals surface area contributed by atoms with Gasteiger partial charge in [0.25, 0.3) is 0 Å². The molecule has 0 spiro atoms. The summed E-state index contributed by atoms with van der Waals surface area (Å²) in [6.45, 7) is 2.32. The van der Waals surface area contributed by atoms with E-state index >= 15 is 0 Å². The van der Waals surface area contributed by atoms with E-state index in [1.807, 2.05) is 0 Å². The highest BCUT2D eigenvalue weighted by atomic mass is 19.3. The molecule has 160 valence electrons. The number of hydrogen-bond acceptors (Lipinski definition) is 8.